The maximum absolute atomic E-state index is 2.42. The maximum Gasteiger partial charge on any atom is -0.0329 e. The Morgan fingerprint density at radius 2 is 1.30 bits per heavy atom. The van der Waals surface area contributed by atoms with Gasteiger partial charge >= 0.3 is 0 Å². The van der Waals surface area contributed by atoms with E-state index in [9.17, 15) is 0 Å². The van der Waals surface area contributed by atoms with Crippen molar-refractivity contribution in [2.75, 3.05) is 0 Å². The normalized spacial score (nSPS) is 12.0. The van der Waals surface area contributed by atoms with Crippen LogP contribution < -0.4 is 0 Å². The Hall–Kier alpha value is 0. The molecule has 62 valence electrons. The molecule has 0 heterocycles. The first-order valence-corrected chi connectivity index (χ1v) is 4.68. The molecule has 0 rings (SSSR count). The van der Waals surface area contributed by atoms with Crippen molar-refractivity contribution in [1.29, 1.82) is 0 Å². The van der Waals surface area contributed by atoms with Crippen molar-refractivity contribution < 1.29 is 0 Å². The van der Waals surface area contributed by atoms with E-state index in [0.29, 0.717) is 5.41 Å². The van der Waals surface area contributed by atoms with Crippen LogP contribution in [0.3, 0.4) is 0 Å². The fourth-order valence-electron chi connectivity index (χ4n) is 1.69. The van der Waals surface area contributed by atoms with Gasteiger partial charge in [0.05, 0.1) is 0 Å². The Balaban J connectivity index is 3.69. The lowest BCUT2D eigenvalue weighted by Crippen LogP contribution is -2.13. The smallest absolute Gasteiger partial charge is 0.0329 e. The van der Waals surface area contributed by atoms with Crippen molar-refractivity contribution in [3.05, 3.63) is 0 Å². The predicted octanol–water partition coefficient (Wildman–Crippen LogP) is 4.00. The van der Waals surface area contributed by atoms with Crippen molar-refractivity contribution in [2.24, 2.45) is 5.41 Å². The summed E-state index contributed by atoms with van der Waals surface area (Å²) in [6.07, 6.45) is 6.82. The molecule has 0 spiro atoms. The van der Waals surface area contributed by atoms with E-state index >= 15 is 0 Å². The molecule has 0 saturated carbocycles. The molecule has 0 atom stereocenters. The van der Waals surface area contributed by atoms with Crippen LogP contribution in [-0.4, -0.2) is 0 Å². The molecule has 10 heavy (non-hydrogen) atoms. The summed E-state index contributed by atoms with van der Waals surface area (Å²) in [6.45, 7) is 9.29. The van der Waals surface area contributed by atoms with Crippen molar-refractivity contribution in [3.63, 3.8) is 0 Å². The highest BCUT2D eigenvalue weighted by molar-refractivity contribution is 4.70. The van der Waals surface area contributed by atoms with Gasteiger partial charge in [-0.25, -0.2) is 0 Å². The first-order valence-electron chi connectivity index (χ1n) is 4.68. The third kappa shape index (κ3) is 3.24. The van der Waals surface area contributed by atoms with Gasteiger partial charge in [0.25, 0.3) is 0 Å². The molecule has 0 fully saturated rings. The first-order chi connectivity index (χ1) is 4.68. The molecule has 0 N–H and O–H groups in total. The molecule has 0 aromatic carbocycles. The van der Waals surface area contributed by atoms with E-state index in [1.807, 2.05) is 0 Å². The highest BCUT2D eigenvalue weighted by Gasteiger charge is 2.18. The van der Waals surface area contributed by atoms with Crippen molar-refractivity contribution in [1.82, 2.24) is 0 Å². The Labute approximate surface area is 66.0 Å². The molecule has 0 aliphatic rings. The zero-order valence-corrected chi connectivity index (χ0v) is 8.04. The minimum atomic E-state index is 0.642. The van der Waals surface area contributed by atoms with Crippen LogP contribution in [0.5, 0.6) is 0 Å². The van der Waals surface area contributed by atoms with Crippen LogP contribution in [0.15, 0.2) is 0 Å². The lowest BCUT2D eigenvalue weighted by molar-refractivity contribution is 0.255. The Morgan fingerprint density at radius 1 is 0.900 bits per heavy atom. The lowest BCUT2D eigenvalue weighted by Gasteiger charge is -2.27. The fourth-order valence-corrected chi connectivity index (χ4v) is 1.69. The average Bonchev–Trinajstić information content (AvgIpc) is 1.89. The van der Waals surface area contributed by atoms with Gasteiger partial charge in [0.1, 0.15) is 0 Å². The monoisotopic (exact) mass is 142 g/mol. The molecule has 0 aromatic heterocycles. The first kappa shape index (κ1) is 10.0. The minimum absolute atomic E-state index is 0.642. The highest BCUT2D eigenvalue weighted by atomic mass is 14.2. The highest BCUT2D eigenvalue weighted by Crippen LogP contribution is 2.32. The molecule has 0 nitrogen and oxygen atoms in total. The Kier molecular flexibility index (Phi) is 4.76. The summed E-state index contributed by atoms with van der Waals surface area (Å²) in [4.78, 5) is 0. The summed E-state index contributed by atoms with van der Waals surface area (Å²) in [6, 6.07) is 0. The van der Waals surface area contributed by atoms with Gasteiger partial charge in [0.2, 0.25) is 0 Å². The van der Waals surface area contributed by atoms with Crippen molar-refractivity contribution >= 4 is 0 Å². The zero-order chi connectivity index (χ0) is 8.04. The zero-order valence-electron chi connectivity index (χ0n) is 8.04. The van der Waals surface area contributed by atoms with Crippen LogP contribution in [0, 0.1) is 5.41 Å². The van der Waals surface area contributed by atoms with Gasteiger partial charge in [-0.1, -0.05) is 47.0 Å². The average molecular weight is 142 g/mol. The van der Waals surface area contributed by atoms with Gasteiger partial charge in [-0.2, -0.15) is 0 Å². The largest absolute Gasteiger partial charge is 0.0654 e. The predicted molar refractivity (Wildman–Crippen MR) is 48.2 cm³/mol. The van der Waals surface area contributed by atoms with E-state index in [1.165, 1.54) is 32.1 Å². The van der Waals surface area contributed by atoms with Gasteiger partial charge < -0.3 is 0 Å². The minimum Gasteiger partial charge on any atom is -0.0654 e. The molecule has 0 heteroatoms. The van der Waals surface area contributed by atoms with E-state index in [0.717, 1.165) is 0 Å². The molecule has 0 aliphatic heterocycles. The fraction of sp³-hybridized carbons (Fsp3) is 1.00. The molecule has 0 bridgehead atoms. The van der Waals surface area contributed by atoms with E-state index in [4.69, 9.17) is 0 Å². The second kappa shape index (κ2) is 4.76. The maximum atomic E-state index is 2.42. The van der Waals surface area contributed by atoms with Gasteiger partial charge in [0, 0.05) is 0 Å². The second-order valence-electron chi connectivity index (χ2n) is 3.66. The molecule has 0 aromatic rings. The van der Waals surface area contributed by atoms with Crippen molar-refractivity contribution in [3.8, 4) is 0 Å². The van der Waals surface area contributed by atoms with Crippen LogP contribution in [0.25, 0.3) is 0 Å². The summed E-state index contributed by atoms with van der Waals surface area (Å²) in [5.74, 6) is 0. The van der Waals surface area contributed by atoms with Crippen LogP contribution in [-0.2, 0) is 0 Å². The molecule has 0 aliphatic carbocycles. The van der Waals surface area contributed by atoms with E-state index < -0.39 is 0 Å². The molecule has 0 saturated heterocycles. The summed E-state index contributed by atoms with van der Waals surface area (Å²) in [7, 11) is 0. The van der Waals surface area contributed by atoms with E-state index in [-0.39, 0.29) is 0 Å². The Bertz CT molecular complexity index is 68.1. The number of hydrogen-bond acceptors (Lipinski definition) is 0. The lowest BCUT2D eigenvalue weighted by atomic mass is 9.79. The molecule has 0 unspecified atom stereocenters. The summed E-state index contributed by atoms with van der Waals surface area (Å²) < 4.78 is 0. The Morgan fingerprint density at radius 3 is 1.50 bits per heavy atom. The van der Waals surface area contributed by atoms with Gasteiger partial charge in [0.15, 0.2) is 0 Å². The molecular weight excluding hydrogens is 120 g/mol. The van der Waals surface area contributed by atoms with Gasteiger partial charge in [-0.05, 0) is 18.3 Å². The van der Waals surface area contributed by atoms with Crippen LogP contribution in [0.1, 0.15) is 59.8 Å². The standard InChI is InChI=1S/C10H22/c1-5-8-10(4,7-3)9-6-2/h5-9H2,1-4H3. The van der Waals surface area contributed by atoms with E-state index in [2.05, 4.69) is 27.7 Å². The second-order valence-corrected chi connectivity index (χ2v) is 3.66. The van der Waals surface area contributed by atoms with Crippen molar-refractivity contribution in [2.45, 2.75) is 59.8 Å². The summed E-state index contributed by atoms with van der Waals surface area (Å²) in [5.41, 5.74) is 0.642. The number of rotatable bonds is 5. The van der Waals surface area contributed by atoms with Crippen LogP contribution in [0.4, 0.5) is 0 Å². The van der Waals surface area contributed by atoms with Gasteiger partial charge in [-0.15, -0.1) is 0 Å². The molecule has 0 radical (unpaired) electrons. The topological polar surface area (TPSA) is 0 Å². The van der Waals surface area contributed by atoms with Crippen LogP contribution in [0.2, 0.25) is 0 Å². The summed E-state index contributed by atoms with van der Waals surface area (Å²) >= 11 is 0. The third-order valence-corrected chi connectivity index (χ3v) is 2.56. The van der Waals surface area contributed by atoms with Crippen LogP contribution >= 0.6 is 0 Å². The van der Waals surface area contributed by atoms with Gasteiger partial charge in [-0.3, -0.25) is 0 Å². The SMILES string of the molecule is CCCC(C)(CC)CCC. The van der Waals surface area contributed by atoms with E-state index in [1.54, 1.807) is 0 Å². The molecule has 0 amide bonds. The quantitative estimate of drug-likeness (QED) is 0.544. The summed E-state index contributed by atoms with van der Waals surface area (Å²) in [5, 5.41) is 0. The third-order valence-electron chi connectivity index (χ3n) is 2.56. The molecular formula is C10H22. The number of hydrogen-bond donors (Lipinski definition) is 0.